The molecular weight excluding hydrogens is 429 g/mol. The van der Waals surface area contributed by atoms with Crippen LogP contribution in [0.4, 0.5) is 24.7 Å². The number of benzene rings is 1. The molecule has 166 valence electrons. The molecule has 3 aromatic heterocycles. The minimum Gasteiger partial charge on any atom is -0.324 e. The SMILES string of the molecule is Cc1nnc2nc(N3CCCc4c(C#CC5(C(F)F)CC5)cncc43)c3cc(F)ccc3n12. The van der Waals surface area contributed by atoms with Crippen molar-refractivity contribution in [1.29, 1.82) is 0 Å². The Balaban J connectivity index is 1.52. The smallest absolute Gasteiger partial charge is 0.257 e. The van der Waals surface area contributed by atoms with E-state index in [0.717, 1.165) is 29.6 Å². The van der Waals surface area contributed by atoms with Crippen LogP contribution in [0.5, 0.6) is 0 Å². The van der Waals surface area contributed by atoms with Gasteiger partial charge in [0.15, 0.2) is 0 Å². The highest BCUT2D eigenvalue weighted by Gasteiger charge is 2.50. The summed E-state index contributed by atoms with van der Waals surface area (Å²) in [6, 6.07) is 4.56. The summed E-state index contributed by atoms with van der Waals surface area (Å²) in [5, 5.41) is 8.93. The van der Waals surface area contributed by atoms with Crippen molar-refractivity contribution in [3.8, 4) is 11.8 Å². The van der Waals surface area contributed by atoms with Crippen molar-refractivity contribution in [2.75, 3.05) is 11.4 Å². The quantitative estimate of drug-likeness (QED) is 0.420. The molecule has 6 rings (SSSR count). The zero-order valence-electron chi connectivity index (χ0n) is 17.8. The largest absolute Gasteiger partial charge is 0.324 e. The van der Waals surface area contributed by atoms with E-state index in [-0.39, 0.29) is 5.82 Å². The fourth-order valence-corrected chi connectivity index (χ4v) is 4.51. The molecule has 1 aromatic carbocycles. The van der Waals surface area contributed by atoms with Gasteiger partial charge in [-0.05, 0) is 56.4 Å². The van der Waals surface area contributed by atoms with Crippen LogP contribution in [0.25, 0.3) is 16.7 Å². The Morgan fingerprint density at radius 1 is 1.15 bits per heavy atom. The van der Waals surface area contributed by atoms with Crippen LogP contribution >= 0.6 is 0 Å². The zero-order valence-corrected chi connectivity index (χ0v) is 17.8. The maximum Gasteiger partial charge on any atom is 0.257 e. The van der Waals surface area contributed by atoms with E-state index in [1.54, 1.807) is 22.9 Å². The summed E-state index contributed by atoms with van der Waals surface area (Å²) in [4.78, 5) is 11.0. The Morgan fingerprint density at radius 3 is 2.79 bits per heavy atom. The Bertz CT molecular complexity index is 1480. The van der Waals surface area contributed by atoms with E-state index in [0.29, 0.717) is 47.8 Å². The first-order valence-corrected chi connectivity index (χ1v) is 10.8. The van der Waals surface area contributed by atoms with Crippen LogP contribution < -0.4 is 4.90 Å². The van der Waals surface area contributed by atoms with Gasteiger partial charge in [-0.15, -0.1) is 10.2 Å². The van der Waals surface area contributed by atoms with E-state index >= 15 is 0 Å². The number of alkyl halides is 2. The molecule has 0 atom stereocenters. The Labute approximate surface area is 187 Å². The van der Waals surface area contributed by atoms with Crippen LogP contribution in [0.2, 0.25) is 0 Å². The van der Waals surface area contributed by atoms with Gasteiger partial charge in [-0.3, -0.25) is 9.38 Å². The van der Waals surface area contributed by atoms with Crippen molar-refractivity contribution in [3.05, 3.63) is 53.4 Å². The Morgan fingerprint density at radius 2 is 2.00 bits per heavy atom. The fraction of sp³-hybridized carbons (Fsp3) is 0.333. The van der Waals surface area contributed by atoms with Gasteiger partial charge < -0.3 is 4.90 Å². The van der Waals surface area contributed by atoms with E-state index < -0.39 is 11.8 Å². The summed E-state index contributed by atoms with van der Waals surface area (Å²) in [6.07, 6.45) is 3.31. The maximum absolute atomic E-state index is 14.3. The van der Waals surface area contributed by atoms with Crippen molar-refractivity contribution in [2.45, 2.75) is 39.0 Å². The second-order valence-corrected chi connectivity index (χ2v) is 8.63. The molecule has 1 fully saturated rings. The summed E-state index contributed by atoms with van der Waals surface area (Å²) in [6.45, 7) is 2.47. The monoisotopic (exact) mass is 448 g/mol. The van der Waals surface area contributed by atoms with E-state index in [4.69, 9.17) is 4.98 Å². The summed E-state index contributed by atoms with van der Waals surface area (Å²) in [7, 11) is 0. The molecule has 2 aliphatic rings. The van der Waals surface area contributed by atoms with E-state index in [2.05, 4.69) is 27.0 Å². The lowest BCUT2D eigenvalue weighted by Crippen LogP contribution is -2.27. The third-order valence-electron chi connectivity index (χ3n) is 6.50. The van der Waals surface area contributed by atoms with Crippen molar-refractivity contribution >= 4 is 28.2 Å². The number of halogens is 3. The van der Waals surface area contributed by atoms with Gasteiger partial charge in [0.05, 0.1) is 22.8 Å². The molecule has 1 aliphatic heterocycles. The minimum atomic E-state index is -2.45. The number of hydrogen-bond donors (Lipinski definition) is 0. The average Bonchev–Trinajstić information content (AvgIpc) is 3.53. The lowest BCUT2D eigenvalue weighted by molar-refractivity contribution is 0.0921. The number of pyridine rings is 1. The molecular formula is C24H19F3N6. The molecule has 0 amide bonds. The summed E-state index contributed by atoms with van der Waals surface area (Å²) in [5.74, 6) is 7.06. The molecule has 1 aliphatic carbocycles. The van der Waals surface area contributed by atoms with E-state index in [1.165, 1.54) is 12.1 Å². The molecule has 6 nitrogen and oxygen atoms in total. The molecule has 4 aromatic rings. The van der Waals surface area contributed by atoms with Crippen molar-refractivity contribution in [2.24, 2.45) is 5.41 Å². The number of rotatable bonds is 2. The summed E-state index contributed by atoms with van der Waals surface area (Å²) < 4.78 is 42.7. The molecule has 0 radical (unpaired) electrons. The third kappa shape index (κ3) is 3.12. The van der Waals surface area contributed by atoms with Gasteiger partial charge >= 0.3 is 0 Å². The van der Waals surface area contributed by atoms with Crippen LogP contribution in [0.3, 0.4) is 0 Å². The number of hydrogen-bond acceptors (Lipinski definition) is 5. The highest BCUT2D eigenvalue weighted by Crippen LogP contribution is 2.50. The maximum atomic E-state index is 14.3. The molecule has 9 heteroatoms. The molecule has 1 saturated carbocycles. The topological polar surface area (TPSA) is 59.2 Å². The highest BCUT2D eigenvalue weighted by molar-refractivity contribution is 5.94. The van der Waals surface area contributed by atoms with Crippen LogP contribution in [0, 0.1) is 30.0 Å². The van der Waals surface area contributed by atoms with Gasteiger partial charge in [0, 0.05) is 23.7 Å². The normalized spacial score (nSPS) is 16.7. The van der Waals surface area contributed by atoms with Gasteiger partial charge in [0.2, 0.25) is 0 Å². The predicted molar refractivity (Wildman–Crippen MR) is 117 cm³/mol. The van der Waals surface area contributed by atoms with Crippen LogP contribution in [-0.4, -0.2) is 37.5 Å². The molecule has 0 unspecified atom stereocenters. The standard InChI is InChI=1S/C24H19F3N6/c1-14-30-31-23-29-21(18-11-16(25)4-5-19(18)33(14)23)32-10-2-3-17-15(12-28-13-20(17)32)6-7-24(8-9-24)22(26)27/h4-5,11-13,22H,2-3,8-10H2,1H3. The van der Waals surface area contributed by atoms with Gasteiger partial charge in [-0.2, -0.15) is 4.98 Å². The van der Waals surface area contributed by atoms with E-state index in [9.17, 15) is 13.2 Å². The summed E-state index contributed by atoms with van der Waals surface area (Å²) in [5.41, 5.74) is 1.97. The highest BCUT2D eigenvalue weighted by atomic mass is 19.3. The van der Waals surface area contributed by atoms with Gasteiger partial charge in [0.25, 0.3) is 12.2 Å². The van der Waals surface area contributed by atoms with Crippen molar-refractivity contribution in [3.63, 3.8) is 0 Å². The lowest BCUT2D eigenvalue weighted by Gasteiger charge is -2.31. The van der Waals surface area contributed by atoms with Crippen LogP contribution in [0.1, 0.15) is 36.2 Å². The van der Waals surface area contributed by atoms with Gasteiger partial charge in [-0.1, -0.05) is 11.8 Å². The van der Waals surface area contributed by atoms with Crippen LogP contribution in [-0.2, 0) is 6.42 Å². The van der Waals surface area contributed by atoms with E-state index in [1.807, 2.05) is 11.8 Å². The number of aryl methyl sites for hydroxylation is 1. The van der Waals surface area contributed by atoms with Crippen molar-refractivity contribution < 1.29 is 13.2 Å². The number of aromatic nitrogens is 5. The molecule has 0 saturated heterocycles. The first-order chi connectivity index (χ1) is 16.0. The number of fused-ring (bicyclic) bond motifs is 4. The molecule has 4 heterocycles. The van der Waals surface area contributed by atoms with Crippen LogP contribution in [0.15, 0.2) is 30.6 Å². The minimum absolute atomic E-state index is 0.368. The predicted octanol–water partition coefficient (Wildman–Crippen LogP) is 4.60. The molecule has 0 N–H and O–H groups in total. The first-order valence-electron chi connectivity index (χ1n) is 10.8. The third-order valence-corrected chi connectivity index (χ3v) is 6.50. The Hall–Kier alpha value is -3.67. The second-order valence-electron chi connectivity index (χ2n) is 8.63. The average molecular weight is 448 g/mol. The first kappa shape index (κ1) is 20.0. The van der Waals surface area contributed by atoms with Gasteiger partial charge in [0.1, 0.15) is 17.5 Å². The second kappa shape index (κ2) is 7.17. The number of anilines is 2. The zero-order chi connectivity index (χ0) is 22.7. The lowest BCUT2D eigenvalue weighted by atomic mass is 9.97. The molecule has 0 spiro atoms. The number of nitrogens with zero attached hydrogens (tertiary/aromatic N) is 6. The molecule has 33 heavy (non-hydrogen) atoms. The van der Waals surface area contributed by atoms with Crippen molar-refractivity contribution in [1.82, 2.24) is 24.6 Å². The van der Waals surface area contributed by atoms with Gasteiger partial charge in [-0.25, -0.2) is 13.2 Å². The molecule has 0 bridgehead atoms. The fourth-order valence-electron chi connectivity index (χ4n) is 4.51. The summed E-state index contributed by atoms with van der Waals surface area (Å²) >= 11 is 0. The Kier molecular flexibility index (Phi) is 4.34.